The van der Waals surface area contributed by atoms with E-state index in [1.165, 1.54) is 0 Å². The molecule has 94 valence electrons. The molecule has 0 radical (unpaired) electrons. The highest BCUT2D eigenvalue weighted by Gasteiger charge is 2.21. The van der Waals surface area contributed by atoms with E-state index in [1.807, 2.05) is 28.9 Å². The van der Waals surface area contributed by atoms with Gasteiger partial charge in [-0.2, -0.15) is 5.10 Å². The summed E-state index contributed by atoms with van der Waals surface area (Å²) in [5.41, 5.74) is 2.07. The van der Waals surface area contributed by atoms with E-state index in [1.54, 1.807) is 6.33 Å². The number of hydrogen-bond acceptors (Lipinski definition) is 4. The minimum Gasteiger partial charge on any atom is -0.392 e. The maximum atomic E-state index is 8.98. The van der Waals surface area contributed by atoms with E-state index >= 15 is 0 Å². The third-order valence-corrected chi connectivity index (χ3v) is 3.12. The van der Waals surface area contributed by atoms with Crippen molar-refractivity contribution in [2.24, 2.45) is 0 Å². The smallest absolute Gasteiger partial charge is 0.154 e. The molecule has 1 aromatic carbocycles. The molecule has 1 saturated heterocycles. The zero-order chi connectivity index (χ0) is 12.4. The number of hydrogen-bond donors (Lipinski definition) is 1. The molecule has 0 aliphatic carbocycles. The molecule has 1 fully saturated rings. The number of rotatable bonds is 4. The molecule has 0 spiro atoms. The van der Waals surface area contributed by atoms with Gasteiger partial charge in [0, 0.05) is 6.42 Å². The van der Waals surface area contributed by atoms with Gasteiger partial charge in [-0.3, -0.25) is 0 Å². The lowest BCUT2D eigenvalue weighted by Crippen LogP contribution is -2.31. The van der Waals surface area contributed by atoms with Crippen molar-refractivity contribution in [3.05, 3.63) is 47.5 Å². The first-order valence-corrected chi connectivity index (χ1v) is 6.01. The molecule has 0 amide bonds. The SMILES string of the molecule is OCc1ccc(Cc2ncn(C3COC3)n2)cc1. The van der Waals surface area contributed by atoms with E-state index in [0.717, 1.165) is 30.2 Å². The molecule has 1 aliphatic rings. The second-order valence-corrected chi connectivity index (χ2v) is 4.48. The Morgan fingerprint density at radius 3 is 2.56 bits per heavy atom. The Bertz CT molecular complexity index is 517. The van der Waals surface area contributed by atoms with E-state index in [-0.39, 0.29) is 6.61 Å². The number of aliphatic hydroxyl groups is 1. The molecule has 0 saturated carbocycles. The van der Waals surface area contributed by atoms with Crippen LogP contribution in [0.15, 0.2) is 30.6 Å². The number of benzene rings is 1. The molecular weight excluding hydrogens is 230 g/mol. The quantitative estimate of drug-likeness (QED) is 0.870. The summed E-state index contributed by atoms with van der Waals surface area (Å²) in [6, 6.07) is 8.19. The van der Waals surface area contributed by atoms with Crippen molar-refractivity contribution in [3.63, 3.8) is 0 Å². The third-order valence-electron chi connectivity index (χ3n) is 3.12. The van der Waals surface area contributed by atoms with Crippen LogP contribution in [-0.2, 0) is 17.8 Å². The predicted octanol–water partition coefficient (Wildman–Crippen LogP) is 0.932. The minimum absolute atomic E-state index is 0.0782. The van der Waals surface area contributed by atoms with Crippen LogP contribution in [0.25, 0.3) is 0 Å². The molecule has 18 heavy (non-hydrogen) atoms. The minimum atomic E-state index is 0.0782. The predicted molar refractivity (Wildman–Crippen MR) is 65.0 cm³/mol. The molecule has 1 N–H and O–H groups in total. The van der Waals surface area contributed by atoms with Gasteiger partial charge < -0.3 is 9.84 Å². The summed E-state index contributed by atoms with van der Waals surface area (Å²) in [4.78, 5) is 4.30. The zero-order valence-electron chi connectivity index (χ0n) is 9.99. The highest BCUT2D eigenvalue weighted by Crippen LogP contribution is 2.16. The van der Waals surface area contributed by atoms with Crippen LogP contribution in [0.4, 0.5) is 0 Å². The van der Waals surface area contributed by atoms with Crippen LogP contribution < -0.4 is 0 Å². The third kappa shape index (κ3) is 2.27. The van der Waals surface area contributed by atoms with Crippen molar-refractivity contribution in [1.82, 2.24) is 14.8 Å². The molecule has 3 rings (SSSR count). The molecule has 0 atom stereocenters. The second-order valence-electron chi connectivity index (χ2n) is 4.48. The monoisotopic (exact) mass is 245 g/mol. The van der Waals surface area contributed by atoms with Crippen LogP contribution in [0.5, 0.6) is 0 Å². The first-order valence-electron chi connectivity index (χ1n) is 6.01. The Morgan fingerprint density at radius 1 is 1.22 bits per heavy atom. The van der Waals surface area contributed by atoms with Crippen LogP contribution in [0.1, 0.15) is 23.0 Å². The zero-order valence-corrected chi connectivity index (χ0v) is 9.99. The summed E-state index contributed by atoms with van der Waals surface area (Å²) in [7, 11) is 0. The number of nitrogens with zero attached hydrogens (tertiary/aromatic N) is 3. The Morgan fingerprint density at radius 2 is 1.94 bits per heavy atom. The molecule has 5 nitrogen and oxygen atoms in total. The van der Waals surface area contributed by atoms with Gasteiger partial charge in [-0.15, -0.1) is 0 Å². The molecular formula is C13H15N3O2. The first-order chi connectivity index (χ1) is 8.85. The highest BCUT2D eigenvalue weighted by molar-refractivity contribution is 5.24. The largest absolute Gasteiger partial charge is 0.392 e. The fraction of sp³-hybridized carbons (Fsp3) is 0.385. The van der Waals surface area contributed by atoms with Crippen molar-refractivity contribution in [2.45, 2.75) is 19.1 Å². The molecule has 1 aliphatic heterocycles. The van der Waals surface area contributed by atoms with Crippen LogP contribution in [0, 0.1) is 0 Å². The van der Waals surface area contributed by atoms with E-state index < -0.39 is 0 Å². The number of aromatic nitrogens is 3. The molecule has 2 heterocycles. The summed E-state index contributed by atoms with van der Waals surface area (Å²) in [5, 5.41) is 13.4. The number of aliphatic hydroxyl groups excluding tert-OH is 1. The van der Waals surface area contributed by atoms with Gasteiger partial charge in [0.25, 0.3) is 0 Å². The van der Waals surface area contributed by atoms with Gasteiger partial charge in [0.15, 0.2) is 5.82 Å². The second kappa shape index (κ2) is 4.88. The highest BCUT2D eigenvalue weighted by atomic mass is 16.5. The Kier molecular flexibility index (Phi) is 3.08. The summed E-state index contributed by atoms with van der Waals surface area (Å²) in [5.74, 6) is 0.818. The molecule has 2 aromatic rings. The van der Waals surface area contributed by atoms with Gasteiger partial charge in [0.05, 0.1) is 19.8 Å². The van der Waals surface area contributed by atoms with Gasteiger partial charge in [0.1, 0.15) is 12.4 Å². The maximum Gasteiger partial charge on any atom is 0.154 e. The van der Waals surface area contributed by atoms with Gasteiger partial charge in [0.2, 0.25) is 0 Å². The van der Waals surface area contributed by atoms with Gasteiger partial charge in [-0.1, -0.05) is 24.3 Å². The van der Waals surface area contributed by atoms with Crippen LogP contribution in [0.3, 0.4) is 0 Å². The van der Waals surface area contributed by atoms with Gasteiger partial charge >= 0.3 is 0 Å². The van der Waals surface area contributed by atoms with E-state index in [2.05, 4.69) is 10.1 Å². The summed E-state index contributed by atoms with van der Waals surface area (Å²) in [6.07, 6.45) is 2.48. The lowest BCUT2D eigenvalue weighted by Gasteiger charge is -2.25. The van der Waals surface area contributed by atoms with Crippen LogP contribution >= 0.6 is 0 Å². The molecule has 1 aromatic heterocycles. The maximum absolute atomic E-state index is 8.98. The summed E-state index contributed by atoms with van der Waals surface area (Å²) in [6.45, 7) is 1.54. The van der Waals surface area contributed by atoms with Crippen LogP contribution in [-0.4, -0.2) is 33.1 Å². The van der Waals surface area contributed by atoms with E-state index in [0.29, 0.717) is 12.5 Å². The molecule has 0 unspecified atom stereocenters. The van der Waals surface area contributed by atoms with Crippen molar-refractivity contribution >= 4 is 0 Å². The van der Waals surface area contributed by atoms with E-state index in [9.17, 15) is 0 Å². The Hall–Kier alpha value is -1.72. The molecule has 5 heteroatoms. The average Bonchev–Trinajstić information content (AvgIpc) is 2.76. The van der Waals surface area contributed by atoms with Crippen LogP contribution in [0.2, 0.25) is 0 Å². The van der Waals surface area contributed by atoms with Crippen molar-refractivity contribution in [2.75, 3.05) is 13.2 Å². The lowest BCUT2D eigenvalue weighted by molar-refractivity contribution is -0.0289. The van der Waals surface area contributed by atoms with Crippen molar-refractivity contribution in [1.29, 1.82) is 0 Å². The summed E-state index contributed by atoms with van der Waals surface area (Å²) >= 11 is 0. The summed E-state index contributed by atoms with van der Waals surface area (Å²) < 4.78 is 7.01. The fourth-order valence-corrected chi connectivity index (χ4v) is 1.89. The van der Waals surface area contributed by atoms with Gasteiger partial charge in [-0.25, -0.2) is 9.67 Å². The topological polar surface area (TPSA) is 60.2 Å². The first kappa shape index (κ1) is 11.4. The van der Waals surface area contributed by atoms with Gasteiger partial charge in [-0.05, 0) is 11.1 Å². The normalized spacial score (nSPS) is 15.6. The Labute approximate surface area is 105 Å². The Balaban J connectivity index is 1.69. The van der Waals surface area contributed by atoms with Crippen molar-refractivity contribution in [3.8, 4) is 0 Å². The average molecular weight is 245 g/mol. The van der Waals surface area contributed by atoms with Crippen molar-refractivity contribution < 1.29 is 9.84 Å². The van der Waals surface area contributed by atoms with E-state index in [4.69, 9.17) is 9.84 Å². The number of ether oxygens (including phenoxy) is 1. The molecule has 0 bridgehead atoms. The fourth-order valence-electron chi connectivity index (χ4n) is 1.89. The standard InChI is InChI=1S/C13H15N3O2/c17-6-11-3-1-10(2-4-11)5-13-14-9-16(15-13)12-7-18-8-12/h1-4,9,12,17H,5-8H2. The lowest BCUT2D eigenvalue weighted by atomic mass is 10.1.